The van der Waals surface area contributed by atoms with Gasteiger partial charge in [0.05, 0.1) is 16.9 Å². The maximum absolute atomic E-state index is 12.4. The van der Waals surface area contributed by atoms with E-state index < -0.39 is 11.4 Å². The lowest BCUT2D eigenvalue weighted by Gasteiger charge is -2.33. The molecule has 3 rings (SSSR count). The van der Waals surface area contributed by atoms with Gasteiger partial charge in [-0.3, -0.25) is 14.4 Å². The molecule has 0 aromatic carbocycles. The van der Waals surface area contributed by atoms with Crippen molar-refractivity contribution in [3.8, 4) is 0 Å². The molecule has 0 saturated carbocycles. The average Bonchev–Trinajstić information content (AvgIpc) is 3.22. The lowest BCUT2D eigenvalue weighted by atomic mass is 9.74. The number of amides is 2. The number of aliphatic carboxylic acids is 1. The summed E-state index contributed by atoms with van der Waals surface area (Å²) in [4.78, 5) is 38.1. The zero-order chi connectivity index (χ0) is 17.2. The lowest BCUT2D eigenvalue weighted by Crippen LogP contribution is -2.45. The molecular weight excluding hydrogens is 332 g/mol. The van der Waals surface area contributed by atoms with Gasteiger partial charge in [0.25, 0.3) is 5.91 Å². The molecule has 2 aliphatic rings. The standard InChI is InChI=1S/C16H20N2O5S/c19-13(3-5-17-14(20)12-2-1-7-24-12)18-8-11-9-23-6-4-16(11,10-18)15(21)22/h1-2,7,11H,3-6,8-10H2,(H,17,20)(H,21,22)/t11-,16+/m0/s1. The van der Waals surface area contributed by atoms with Crippen molar-refractivity contribution in [1.82, 2.24) is 10.2 Å². The summed E-state index contributed by atoms with van der Waals surface area (Å²) < 4.78 is 5.38. The summed E-state index contributed by atoms with van der Waals surface area (Å²) >= 11 is 1.34. The van der Waals surface area contributed by atoms with Crippen LogP contribution in [0, 0.1) is 11.3 Å². The Hall–Kier alpha value is -1.93. The molecule has 2 aliphatic heterocycles. The van der Waals surface area contributed by atoms with Crippen molar-refractivity contribution in [2.24, 2.45) is 11.3 Å². The van der Waals surface area contributed by atoms with Crippen molar-refractivity contribution in [2.75, 3.05) is 32.8 Å². The van der Waals surface area contributed by atoms with Gasteiger partial charge in [-0.2, -0.15) is 0 Å². The normalized spacial score (nSPS) is 26.0. The molecule has 7 nitrogen and oxygen atoms in total. The van der Waals surface area contributed by atoms with E-state index in [1.165, 1.54) is 11.3 Å². The third-order valence-electron chi connectivity index (χ3n) is 4.85. The van der Waals surface area contributed by atoms with Crippen LogP contribution in [0.5, 0.6) is 0 Å². The number of carbonyl (C=O) groups excluding carboxylic acids is 2. The van der Waals surface area contributed by atoms with Crippen molar-refractivity contribution in [3.63, 3.8) is 0 Å². The van der Waals surface area contributed by atoms with Crippen molar-refractivity contribution >= 4 is 29.1 Å². The Kier molecular flexibility index (Phi) is 4.86. The van der Waals surface area contributed by atoms with Gasteiger partial charge >= 0.3 is 5.97 Å². The first-order valence-electron chi connectivity index (χ1n) is 7.93. The smallest absolute Gasteiger partial charge is 0.311 e. The van der Waals surface area contributed by atoms with Crippen molar-refractivity contribution in [2.45, 2.75) is 12.8 Å². The number of ether oxygens (including phenoxy) is 1. The highest BCUT2D eigenvalue weighted by molar-refractivity contribution is 7.12. The van der Waals surface area contributed by atoms with E-state index in [0.717, 1.165) is 0 Å². The summed E-state index contributed by atoms with van der Waals surface area (Å²) in [5, 5.41) is 14.1. The molecule has 0 bridgehead atoms. The summed E-state index contributed by atoms with van der Waals surface area (Å²) in [6.07, 6.45) is 0.603. The van der Waals surface area contributed by atoms with E-state index in [0.29, 0.717) is 31.1 Å². The molecule has 3 heterocycles. The molecule has 0 radical (unpaired) electrons. The number of fused-ring (bicyclic) bond motifs is 1. The van der Waals surface area contributed by atoms with Gasteiger partial charge < -0.3 is 20.1 Å². The Morgan fingerprint density at radius 2 is 2.29 bits per heavy atom. The fourth-order valence-corrected chi connectivity index (χ4v) is 4.07. The lowest BCUT2D eigenvalue weighted by molar-refractivity contribution is -0.157. The molecule has 0 unspecified atom stereocenters. The van der Waals surface area contributed by atoms with E-state index in [9.17, 15) is 19.5 Å². The van der Waals surface area contributed by atoms with Crippen LogP contribution in [0.15, 0.2) is 17.5 Å². The van der Waals surface area contributed by atoms with Crippen molar-refractivity contribution < 1.29 is 24.2 Å². The largest absolute Gasteiger partial charge is 0.481 e. The van der Waals surface area contributed by atoms with Crippen LogP contribution >= 0.6 is 11.3 Å². The van der Waals surface area contributed by atoms with Gasteiger partial charge in [0.1, 0.15) is 0 Å². The number of nitrogens with one attached hydrogen (secondary N) is 1. The predicted molar refractivity (Wildman–Crippen MR) is 86.8 cm³/mol. The van der Waals surface area contributed by atoms with Gasteiger partial charge in [0, 0.05) is 38.6 Å². The minimum absolute atomic E-state index is 0.128. The van der Waals surface area contributed by atoms with Gasteiger partial charge in [-0.1, -0.05) is 6.07 Å². The molecule has 2 fully saturated rings. The molecule has 24 heavy (non-hydrogen) atoms. The molecule has 1 aromatic heterocycles. The van der Waals surface area contributed by atoms with Gasteiger partial charge in [-0.25, -0.2) is 0 Å². The van der Waals surface area contributed by atoms with Crippen LogP contribution in [0.3, 0.4) is 0 Å². The molecule has 8 heteroatoms. The second-order valence-corrected chi connectivity index (χ2v) is 7.19. The summed E-state index contributed by atoms with van der Waals surface area (Å²) in [6.45, 7) is 1.68. The number of hydrogen-bond acceptors (Lipinski definition) is 5. The van der Waals surface area contributed by atoms with Crippen LogP contribution in [0.4, 0.5) is 0 Å². The van der Waals surface area contributed by atoms with E-state index >= 15 is 0 Å². The molecule has 2 atom stereocenters. The molecule has 1 aromatic rings. The molecule has 2 saturated heterocycles. The minimum Gasteiger partial charge on any atom is -0.481 e. The predicted octanol–water partition coefficient (Wildman–Crippen LogP) is 0.818. The second-order valence-electron chi connectivity index (χ2n) is 6.24. The molecule has 2 amide bonds. The number of carboxylic acids is 1. The van der Waals surface area contributed by atoms with Crippen LogP contribution in [0.25, 0.3) is 0 Å². The molecule has 130 valence electrons. The van der Waals surface area contributed by atoms with Gasteiger partial charge in [0.2, 0.25) is 5.91 Å². The highest BCUT2D eigenvalue weighted by atomic mass is 32.1. The third-order valence-corrected chi connectivity index (χ3v) is 5.72. The monoisotopic (exact) mass is 352 g/mol. The number of likely N-dealkylation sites (tertiary alicyclic amines) is 1. The Balaban J connectivity index is 1.53. The van der Waals surface area contributed by atoms with E-state index in [1.807, 2.05) is 5.38 Å². The first kappa shape index (κ1) is 16.9. The van der Waals surface area contributed by atoms with Crippen molar-refractivity contribution in [3.05, 3.63) is 22.4 Å². The van der Waals surface area contributed by atoms with Crippen molar-refractivity contribution in [1.29, 1.82) is 0 Å². The fourth-order valence-electron chi connectivity index (χ4n) is 3.43. The topological polar surface area (TPSA) is 95.9 Å². The Bertz CT molecular complexity index is 632. The van der Waals surface area contributed by atoms with E-state index in [-0.39, 0.29) is 37.2 Å². The van der Waals surface area contributed by atoms with Gasteiger partial charge in [-0.05, 0) is 17.9 Å². The first-order valence-corrected chi connectivity index (χ1v) is 8.81. The van der Waals surface area contributed by atoms with Crippen LogP contribution in [0.1, 0.15) is 22.5 Å². The number of carbonyl (C=O) groups is 3. The third kappa shape index (κ3) is 3.16. The maximum Gasteiger partial charge on any atom is 0.311 e. The van der Waals surface area contributed by atoms with Crippen LogP contribution < -0.4 is 5.32 Å². The van der Waals surface area contributed by atoms with Crippen LogP contribution in [0.2, 0.25) is 0 Å². The summed E-state index contributed by atoms with van der Waals surface area (Å²) in [7, 11) is 0. The Labute approximate surface area is 143 Å². The highest BCUT2D eigenvalue weighted by Crippen LogP contribution is 2.42. The summed E-state index contributed by atoms with van der Waals surface area (Å²) in [5.74, 6) is -1.33. The van der Waals surface area contributed by atoms with E-state index in [2.05, 4.69) is 5.32 Å². The number of carboxylic acid groups (broad SMARTS) is 1. The molecular formula is C16H20N2O5S. The second kappa shape index (κ2) is 6.90. The first-order chi connectivity index (χ1) is 11.5. The number of nitrogens with zero attached hydrogens (tertiary/aromatic N) is 1. The Morgan fingerprint density at radius 3 is 2.96 bits per heavy atom. The summed E-state index contributed by atoms with van der Waals surface area (Å²) in [5.41, 5.74) is -0.881. The van der Waals surface area contributed by atoms with Gasteiger partial charge in [0.15, 0.2) is 0 Å². The maximum atomic E-state index is 12.4. The number of thiophene rings is 1. The molecule has 0 aliphatic carbocycles. The van der Waals surface area contributed by atoms with Crippen LogP contribution in [-0.2, 0) is 14.3 Å². The average molecular weight is 352 g/mol. The van der Waals surface area contributed by atoms with Crippen LogP contribution in [-0.4, -0.2) is 60.6 Å². The van der Waals surface area contributed by atoms with Gasteiger partial charge in [-0.15, -0.1) is 11.3 Å². The zero-order valence-corrected chi connectivity index (χ0v) is 14.0. The highest BCUT2D eigenvalue weighted by Gasteiger charge is 2.54. The zero-order valence-electron chi connectivity index (χ0n) is 13.2. The van der Waals surface area contributed by atoms with E-state index in [1.54, 1.807) is 17.0 Å². The Morgan fingerprint density at radius 1 is 1.46 bits per heavy atom. The van der Waals surface area contributed by atoms with E-state index in [4.69, 9.17) is 4.74 Å². The number of hydrogen-bond donors (Lipinski definition) is 2. The molecule has 0 spiro atoms. The number of rotatable bonds is 5. The minimum atomic E-state index is -0.881. The quantitative estimate of drug-likeness (QED) is 0.818. The fraction of sp³-hybridized carbons (Fsp3) is 0.562. The summed E-state index contributed by atoms with van der Waals surface area (Å²) in [6, 6.07) is 3.52. The SMILES string of the molecule is O=C(NCCC(=O)N1C[C@H]2COCC[C@@]2(C(=O)O)C1)c1cccs1. The molecule has 2 N–H and O–H groups in total.